The number of amides is 1. The van der Waals surface area contributed by atoms with Crippen LogP contribution in [0.3, 0.4) is 0 Å². The molecule has 0 aliphatic carbocycles. The topological polar surface area (TPSA) is 32.3 Å². The van der Waals surface area contributed by atoms with Gasteiger partial charge in [0.15, 0.2) is 0 Å². The predicted octanol–water partition coefficient (Wildman–Crippen LogP) is 3.31. The Balaban J connectivity index is 0.00000200. The number of likely N-dealkylation sites (tertiary alicyclic amines) is 1. The Hall–Kier alpha value is -0.420. The monoisotopic (exact) mass is 334 g/mol. The lowest BCUT2D eigenvalue weighted by molar-refractivity contribution is 0.0698. The summed E-state index contributed by atoms with van der Waals surface area (Å²) in [5.74, 6) is 0.0425. The van der Waals surface area contributed by atoms with E-state index in [1.54, 1.807) is 17.8 Å². The van der Waals surface area contributed by atoms with Crippen molar-refractivity contribution in [3.63, 3.8) is 0 Å². The van der Waals surface area contributed by atoms with Crippen molar-refractivity contribution in [3.05, 3.63) is 28.8 Å². The van der Waals surface area contributed by atoms with Crippen molar-refractivity contribution < 1.29 is 4.79 Å². The second-order valence-electron chi connectivity index (χ2n) is 4.72. The molecule has 1 atom stereocenters. The summed E-state index contributed by atoms with van der Waals surface area (Å²) < 4.78 is 0. The third-order valence-corrected chi connectivity index (χ3v) is 4.58. The molecule has 2 rings (SSSR count). The Kier molecular flexibility index (Phi) is 7.17. The van der Waals surface area contributed by atoms with Gasteiger partial charge in [-0.1, -0.05) is 11.6 Å². The van der Waals surface area contributed by atoms with Crippen molar-refractivity contribution in [1.29, 1.82) is 0 Å². The van der Waals surface area contributed by atoms with E-state index in [1.165, 1.54) is 0 Å². The predicted molar refractivity (Wildman–Crippen MR) is 88.5 cm³/mol. The number of hydrogen-bond donors (Lipinski definition) is 1. The number of nitrogens with zero attached hydrogens (tertiary/aromatic N) is 1. The molecule has 0 saturated carbocycles. The second kappa shape index (κ2) is 8.13. The van der Waals surface area contributed by atoms with E-state index in [0.29, 0.717) is 16.6 Å². The van der Waals surface area contributed by atoms with E-state index in [2.05, 4.69) is 5.32 Å². The van der Waals surface area contributed by atoms with E-state index in [1.807, 2.05) is 30.3 Å². The molecule has 1 aromatic rings. The number of hydrogen-bond acceptors (Lipinski definition) is 3. The third-order valence-electron chi connectivity index (χ3n) is 3.52. The number of nitrogens with one attached hydrogen (secondary N) is 1. The summed E-state index contributed by atoms with van der Waals surface area (Å²) in [5, 5.41) is 3.78. The fourth-order valence-corrected chi connectivity index (χ4v) is 3.00. The zero-order valence-electron chi connectivity index (χ0n) is 11.7. The Bertz CT molecular complexity index is 470. The lowest BCUT2D eigenvalue weighted by Crippen LogP contribution is -2.47. The van der Waals surface area contributed by atoms with Gasteiger partial charge in [0, 0.05) is 24.0 Å². The largest absolute Gasteiger partial charge is 0.337 e. The summed E-state index contributed by atoms with van der Waals surface area (Å²) in [4.78, 5) is 15.5. The van der Waals surface area contributed by atoms with Crippen LogP contribution in [0, 0.1) is 0 Å². The third kappa shape index (κ3) is 4.04. The molecule has 3 nitrogen and oxygen atoms in total. The summed E-state index contributed by atoms with van der Waals surface area (Å²) in [7, 11) is 1.94. The smallest absolute Gasteiger partial charge is 0.255 e. The van der Waals surface area contributed by atoms with Gasteiger partial charge in [-0.2, -0.15) is 0 Å². The minimum absolute atomic E-state index is 0. The summed E-state index contributed by atoms with van der Waals surface area (Å²) in [6.07, 6.45) is 4.16. The van der Waals surface area contributed by atoms with Gasteiger partial charge in [0.1, 0.15) is 0 Å². The fourth-order valence-electron chi connectivity index (χ4n) is 2.36. The van der Waals surface area contributed by atoms with Gasteiger partial charge < -0.3 is 10.2 Å². The summed E-state index contributed by atoms with van der Waals surface area (Å²) in [6.45, 7) is 1.58. The molecular formula is C14H20Cl2N2OS. The molecule has 1 heterocycles. The summed E-state index contributed by atoms with van der Waals surface area (Å²) in [6, 6.07) is 6.02. The Morgan fingerprint density at radius 2 is 2.25 bits per heavy atom. The molecule has 1 aliphatic heterocycles. The van der Waals surface area contributed by atoms with Crippen molar-refractivity contribution in [3.8, 4) is 0 Å². The molecule has 1 aliphatic rings. The van der Waals surface area contributed by atoms with Crippen LogP contribution in [0.1, 0.15) is 23.2 Å². The number of rotatable bonds is 3. The van der Waals surface area contributed by atoms with Crippen molar-refractivity contribution in [1.82, 2.24) is 10.2 Å². The second-order valence-corrected chi connectivity index (χ2v) is 6.01. The molecule has 1 N–H and O–H groups in total. The maximum Gasteiger partial charge on any atom is 0.255 e. The molecule has 0 aromatic heterocycles. The molecule has 1 fully saturated rings. The highest BCUT2D eigenvalue weighted by Gasteiger charge is 2.24. The molecule has 1 amide bonds. The molecule has 0 radical (unpaired) electrons. The van der Waals surface area contributed by atoms with Gasteiger partial charge in [0.25, 0.3) is 5.91 Å². The van der Waals surface area contributed by atoms with Crippen LogP contribution in [0.5, 0.6) is 0 Å². The molecule has 20 heavy (non-hydrogen) atoms. The zero-order chi connectivity index (χ0) is 13.8. The SMILES string of the molecule is CNC1CCCN(C(=O)c2cc(SC)ccc2Cl)C1.Cl. The number of halogens is 2. The highest BCUT2D eigenvalue weighted by molar-refractivity contribution is 7.98. The number of carbonyl (C=O) groups is 1. The Morgan fingerprint density at radius 3 is 2.90 bits per heavy atom. The Labute approximate surface area is 135 Å². The minimum Gasteiger partial charge on any atom is -0.337 e. The van der Waals surface area contributed by atoms with E-state index in [0.717, 1.165) is 30.8 Å². The number of likely N-dealkylation sites (N-methyl/N-ethyl adjacent to an activating group) is 1. The summed E-state index contributed by atoms with van der Waals surface area (Å²) in [5.41, 5.74) is 0.616. The minimum atomic E-state index is 0. The lowest BCUT2D eigenvalue weighted by atomic mass is 10.0. The van der Waals surface area contributed by atoms with Gasteiger partial charge in [0.05, 0.1) is 10.6 Å². The van der Waals surface area contributed by atoms with Crippen LogP contribution in [-0.4, -0.2) is 43.2 Å². The van der Waals surface area contributed by atoms with E-state index in [4.69, 9.17) is 11.6 Å². The van der Waals surface area contributed by atoms with Crippen molar-refractivity contribution in [2.45, 2.75) is 23.8 Å². The van der Waals surface area contributed by atoms with Crippen LogP contribution >= 0.6 is 35.8 Å². The number of piperidine rings is 1. The molecule has 0 bridgehead atoms. The van der Waals surface area contributed by atoms with E-state index < -0.39 is 0 Å². The van der Waals surface area contributed by atoms with Crippen LogP contribution in [0.2, 0.25) is 5.02 Å². The van der Waals surface area contributed by atoms with Crippen LogP contribution in [0.25, 0.3) is 0 Å². The molecule has 1 saturated heterocycles. The fraction of sp³-hybridized carbons (Fsp3) is 0.500. The van der Waals surface area contributed by atoms with Crippen LogP contribution in [0.4, 0.5) is 0 Å². The van der Waals surface area contributed by atoms with Gasteiger partial charge in [-0.25, -0.2) is 0 Å². The maximum atomic E-state index is 12.6. The van der Waals surface area contributed by atoms with Gasteiger partial charge >= 0.3 is 0 Å². The van der Waals surface area contributed by atoms with E-state index >= 15 is 0 Å². The molecule has 6 heteroatoms. The highest BCUT2D eigenvalue weighted by Crippen LogP contribution is 2.25. The van der Waals surface area contributed by atoms with Crippen molar-refractivity contribution >= 4 is 41.7 Å². The first kappa shape index (κ1) is 17.6. The number of thioether (sulfide) groups is 1. The quantitative estimate of drug-likeness (QED) is 0.860. The summed E-state index contributed by atoms with van der Waals surface area (Å²) >= 11 is 7.78. The maximum absolute atomic E-state index is 12.6. The van der Waals surface area contributed by atoms with E-state index in [9.17, 15) is 4.79 Å². The van der Waals surface area contributed by atoms with Gasteiger partial charge in [-0.3, -0.25) is 4.79 Å². The van der Waals surface area contributed by atoms with E-state index in [-0.39, 0.29) is 18.3 Å². The normalized spacial score (nSPS) is 18.6. The molecular weight excluding hydrogens is 315 g/mol. The molecule has 1 unspecified atom stereocenters. The van der Waals surface area contributed by atoms with Crippen LogP contribution < -0.4 is 5.32 Å². The first-order valence-electron chi connectivity index (χ1n) is 6.45. The first-order chi connectivity index (χ1) is 9.15. The van der Waals surface area contributed by atoms with Crippen molar-refractivity contribution in [2.75, 3.05) is 26.4 Å². The van der Waals surface area contributed by atoms with Crippen LogP contribution in [0.15, 0.2) is 23.1 Å². The van der Waals surface area contributed by atoms with Gasteiger partial charge in [-0.15, -0.1) is 24.2 Å². The first-order valence-corrected chi connectivity index (χ1v) is 8.06. The highest BCUT2D eigenvalue weighted by atomic mass is 35.5. The lowest BCUT2D eigenvalue weighted by Gasteiger charge is -2.32. The Morgan fingerprint density at radius 1 is 1.50 bits per heavy atom. The standard InChI is InChI=1S/C14H19ClN2OS.ClH/c1-16-10-4-3-7-17(9-10)14(18)12-8-11(19-2)5-6-13(12)15;/h5-6,8,10,16H,3-4,7,9H2,1-2H3;1H. The van der Waals surface area contributed by atoms with Gasteiger partial charge in [0.2, 0.25) is 0 Å². The molecule has 0 spiro atoms. The van der Waals surface area contributed by atoms with Crippen LogP contribution in [-0.2, 0) is 0 Å². The number of benzene rings is 1. The molecule has 1 aromatic carbocycles. The number of carbonyl (C=O) groups excluding carboxylic acids is 1. The molecule has 112 valence electrons. The van der Waals surface area contributed by atoms with Gasteiger partial charge in [-0.05, 0) is 44.3 Å². The average Bonchev–Trinajstić information content (AvgIpc) is 2.47. The zero-order valence-corrected chi connectivity index (χ0v) is 14.1. The van der Waals surface area contributed by atoms with Crippen molar-refractivity contribution in [2.24, 2.45) is 0 Å². The average molecular weight is 335 g/mol.